The molecule has 0 aliphatic rings. The molecule has 0 aliphatic carbocycles. The van der Waals surface area contributed by atoms with Crippen LogP contribution in [-0.2, 0) is 4.84 Å². The molecule has 0 fully saturated rings. The third-order valence-electron chi connectivity index (χ3n) is 1.66. The second-order valence-electron chi connectivity index (χ2n) is 4.31. The molecule has 88 valence electrons. The number of hydroxylamine groups is 1. The van der Waals surface area contributed by atoms with Crippen LogP contribution in [0.25, 0.3) is 0 Å². The average Bonchev–Trinajstić information content (AvgIpc) is 2.17. The number of aromatic hydroxyl groups is 1. The smallest absolute Gasteiger partial charge is 0.274 e. The van der Waals surface area contributed by atoms with Crippen molar-refractivity contribution in [3.05, 3.63) is 28.2 Å². The van der Waals surface area contributed by atoms with Gasteiger partial charge in [0, 0.05) is 5.56 Å². The number of halogens is 1. The van der Waals surface area contributed by atoms with Gasteiger partial charge in [-0.15, -0.1) is 0 Å². The lowest BCUT2D eigenvalue weighted by Gasteiger charge is -2.18. The Morgan fingerprint density at radius 1 is 1.44 bits per heavy atom. The summed E-state index contributed by atoms with van der Waals surface area (Å²) >= 11 is 3.14. The Kier molecular flexibility index (Phi) is 3.93. The van der Waals surface area contributed by atoms with Gasteiger partial charge in [0.25, 0.3) is 5.91 Å². The van der Waals surface area contributed by atoms with Gasteiger partial charge < -0.3 is 5.11 Å². The number of phenolic OH excluding ortho intramolecular Hbond substituents is 1. The highest BCUT2D eigenvalue weighted by atomic mass is 79.9. The second-order valence-corrected chi connectivity index (χ2v) is 5.17. The van der Waals surface area contributed by atoms with Gasteiger partial charge in [0.2, 0.25) is 0 Å². The zero-order valence-electron chi connectivity index (χ0n) is 9.37. The first-order chi connectivity index (χ1) is 7.29. The Balaban J connectivity index is 2.70. The van der Waals surface area contributed by atoms with Crippen molar-refractivity contribution in [2.45, 2.75) is 26.4 Å². The molecule has 16 heavy (non-hydrogen) atoms. The highest BCUT2D eigenvalue weighted by molar-refractivity contribution is 9.10. The molecular formula is C11H14BrNO3. The number of amides is 1. The van der Waals surface area contributed by atoms with E-state index in [0.717, 1.165) is 0 Å². The first kappa shape index (κ1) is 13.0. The standard InChI is InChI=1S/C11H14BrNO3/c1-11(2,3)16-13-10(15)7-4-5-8(12)9(14)6-7/h4-6,14H,1-3H3,(H,13,15). The molecule has 0 bridgehead atoms. The van der Waals surface area contributed by atoms with Crippen molar-refractivity contribution in [1.82, 2.24) is 5.48 Å². The average molecular weight is 288 g/mol. The molecule has 1 aromatic carbocycles. The van der Waals surface area contributed by atoms with Gasteiger partial charge in [0.05, 0.1) is 10.1 Å². The zero-order valence-corrected chi connectivity index (χ0v) is 11.0. The Bertz CT molecular complexity index is 399. The Morgan fingerprint density at radius 3 is 2.56 bits per heavy atom. The highest BCUT2D eigenvalue weighted by Crippen LogP contribution is 2.24. The van der Waals surface area contributed by atoms with Crippen molar-refractivity contribution in [1.29, 1.82) is 0 Å². The molecule has 1 aromatic rings. The molecule has 0 atom stereocenters. The van der Waals surface area contributed by atoms with Crippen molar-refractivity contribution in [2.75, 3.05) is 0 Å². The quantitative estimate of drug-likeness (QED) is 0.822. The van der Waals surface area contributed by atoms with Gasteiger partial charge in [-0.3, -0.25) is 9.63 Å². The SMILES string of the molecule is CC(C)(C)ONC(=O)c1ccc(Br)c(O)c1. The highest BCUT2D eigenvalue weighted by Gasteiger charge is 2.14. The number of carbonyl (C=O) groups excluding carboxylic acids is 1. The maximum Gasteiger partial charge on any atom is 0.274 e. The minimum Gasteiger partial charge on any atom is -0.507 e. The Labute approximate surface area is 103 Å². The summed E-state index contributed by atoms with van der Waals surface area (Å²) in [6.45, 7) is 5.48. The van der Waals surface area contributed by atoms with E-state index in [4.69, 9.17) is 4.84 Å². The lowest BCUT2D eigenvalue weighted by molar-refractivity contribution is -0.0589. The first-order valence-electron chi connectivity index (χ1n) is 4.76. The van der Waals surface area contributed by atoms with Crippen LogP contribution in [-0.4, -0.2) is 16.6 Å². The number of hydrogen-bond donors (Lipinski definition) is 2. The predicted octanol–water partition coefficient (Wildman–Crippen LogP) is 2.61. The number of benzene rings is 1. The van der Waals surface area contributed by atoms with E-state index in [-0.39, 0.29) is 5.75 Å². The number of hydrogen-bond acceptors (Lipinski definition) is 3. The first-order valence-corrected chi connectivity index (χ1v) is 5.56. The van der Waals surface area contributed by atoms with E-state index in [9.17, 15) is 9.90 Å². The largest absolute Gasteiger partial charge is 0.507 e. The third-order valence-corrected chi connectivity index (χ3v) is 2.33. The predicted molar refractivity (Wildman–Crippen MR) is 64.1 cm³/mol. The minimum absolute atomic E-state index is 0.0170. The van der Waals surface area contributed by atoms with Crippen LogP contribution in [0.3, 0.4) is 0 Å². The molecular weight excluding hydrogens is 274 g/mol. The summed E-state index contributed by atoms with van der Waals surface area (Å²) in [4.78, 5) is 16.7. The monoisotopic (exact) mass is 287 g/mol. The fourth-order valence-electron chi connectivity index (χ4n) is 0.912. The van der Waals surface area contributed by atoms with Crippen LogP contribution in [0.15, 0.2) is 22.7 Å². The topological polar surface area (TPSA) is 58.6 Å². The molecule has 1 rings (SSSR count). The number of nitrogens with one attached hydrogen (secondary N) is 1. The fourth-order valence-corrected chi connectivity index (χ4v) is 1.16. The lowest BCUT2D eigenvalue weighted by Crippen LogP contribution is -2.33. The van der Waals surface area contributed by atoms with Crippen LogP contribution < -0.4 is 5.48 Å². The summed E-state index contributed by atoms with van der Waals surface area (Å²) in [6, 6.07) is 4.55. The molecule has 0 unspecified atom stereocenters. The zero-order chi connectivity index (χ0) is 12.3. The molecule has 0 saturated carbocycles. The molecule has 0 radical (unpaired) electrons. The van der Waals surface area contributed by atoms with Gasteiger partial charge in [0.15, 0.2) is 0 Å². The second kappa shape index (κ2) is 4.84. The minimum atomic E-state index is -0.451. The van der Waals surface area contributed by atoms with Crippen LogP contribution in [0, 0.1) is 0 Å². The molecule has 2 N–H and O–H groups in total. The summed E-state index contributed by atoms with van der Waals surface area (Å²) in [5, 5.41) is 9.41. The van der Waals surface area contributed by atoms with Crippen molar-refractivity contribution < 1.29 is 14.7 Å². The van der Waals surface area contributed by atoms with Crippen LogP contribution in [0.2, 0.25) is 0 Å². The molecule has 0 saturated heterocycles. The number of carbonyl (C=O) groups is 1. The van der Waals surface area contributed by atoms with Crippen LogP contribution in [0.5, 0.6) is 5.75 Å². The summed E-state index contributed by atoms with van der Waals surface area (Å²) < 4.78 is 0.542. The summed E-state index contributed by atoms with van der Waals surface area (Å²) in [6.07, 6.45) is 0. The van der Waals surface area contributed by atoms with Crippen molar-refractivity contribution in [2.24, 2.45) is 0 Å². The van der Waals surface area contributed by atoms with Gasteiger partial charge in [-0.25, -0.2) is 5.48 Å². The molecule has 0 heterocycles. The van der Waals surface area contributed by atoms with Gasteiger partial charge in [-0.05, 0) is 54.9 Å². The van der Waals surface area contributed by atoms with Crippen molar-refractivity contribution >= 4 is 21.8 Å². The maximum absolute atomic E-state index is 11.6. The van der Waals surface area contributed by atoms with Crippen molar-refractivity contribution in [3.63, 3.8) is 0 Å². The van der Waals surface area contributed by atoms with E-state index in [2.05, 4.69) is 21.4 Å². The molecule has 0 aromatic heterocycles. The van der Waals surface area contributed by atoms with E-state index in [0.29, 0.717) is 10.0 Å². The number of phenols is 1. The van der Waals surface area contributed by atoms with Gasteiger partial charge >= 0.3 is 0 Å². The Morgan fingerprint density at radius 2 is 2.06 bits per heavy atom. The van der Waals surface area contributed by atoms with E-state index in [1.165, 1.54) is 6.07 Å². The summed E-state index contributed by atoms with van der Waals surface area (Å²) in [5.41, 5.74) is 2.21. The van der Waals surface area contributed by atoms with Crippen molar-refractivity contribution in [3.8, 4) is 5.75 Å². The molecule has 5 heteroatoms. The van der Waals surface area contributed by atoms with Gasteiger partial charge in [-0.2, -0.15) is 0 Å². The van der Waals surface area contributed by atoms with E-state index in [1.807, 2.05) is 20.8 Å². The molecule has 0 spiro atoms. The van der Waals surface area contributed by atoms with Gasteiger partial charge in [-0.1, -0.05) is 0 Å². The fraction of sp³-hybridized carbons (Fsp3) is 0.364. The molecule has 1 amide bonds. The van der Waals surface area contributed by atoms with Crippen LogP contribution >= 0.6 is 15.9 Å². The maximum atomic E-state index is 11.6. The van der Waals surface area contributed by atoms with Crippen LogP contribution in [0.1, 0.15) is 31.1 Å². The van der Waals surface area contributed by atoms with E-state index in [1.54, 1.807) is 12.1 Å². The normalized spacial score (nSPS) is 11.2. The molecule has 0 aliphatic heterocycles. The lowest BCUT2D eigenvalue weighted by atomic mass is 10.2. The van der Waals surface area contributed by atoms with Gasteiger partial charge in [0.1, 0.15) is 5.75 Å². The third kappa shape index (κ3) is 3.83. The van der Waals surface area contributed by atoms with E-state index >= 15 is 0 Å². The number of rotatable bonds is 2. The molecule has 4 nitrogen and oxygen atoms in total. The summed E-state index contributed by atoms with van der Waals surface area (Å²) in [7, 11) is 0. The Hall–Kier alpha value is -1.07. The summed E-state index contributed by atoms with van der Waals surface area (Å²) in [5.74, 6) is -0.374. The van der Waals surface area contributed by atoms with Crippen LogP contribution in [0.4, 0.5) is 0 Å². The van der Waals surface area contributed by atoms with E-state index < -0.39 is 11.5 Å².